The highest BCUT2D eigenvalue weighted by Crippen LogP contribution is 2.49. The van der Waals surface area contributed by atoms with Gasteiger partial charge in [0.25, 0.3) is 0 Å². The van der Waals surface area contributed by atoms with Gasteiger partial charge in [0.1, 0.15) is 0 Å². The molecule has 0 amide bonds. The molecule has 0 saturated heterocycles. The molecule has 70 valence electrons. The highest BCUT2D eigenvalue weighted by atomic mass is 31.2. The fourth-order valence-corrected chi connectivity index (χ4v) is 1.91. The maximum atomic E-state index is 11.6. The van der Waals surface area contributed by atoms with Gasteiger partial charge in [0, 0.05) is 0 Å². The van der Waals surface area contributed by atoms with Crippen molar-refractivity contribution >= 4 is 7.60 Å². The number of rotatable bonds is 5. The minimum Gasteiger partial charge on any atom is -0.305 e. The number of allylic oxidation sites excluding steroid dienone is 1. The molecule has 0 rings (SSSR count). The van der Waals surface area contributed by atoms with Gasteiger partial charge in [-0.25, -0.2) is 0 Å². The normalized spacial score (nSPS) is 10.6. The van der Waals surface area contributed by atoms with Crippen molar-refractivity contribution in [1.29, 1.82) is 0 Å². The van der Waals surface area contributed by atoms with Crippen LogP contribution in [0.1, 0.15) is 20.8 Å². The van der Waals surface area contributed by atoms with Crippen LogP contribution < -0.4 is 0 Å². The molecule has 4 heteroatoms. The predicted molar refractivity (Wildman–Crippen MR) is 49.2 cm³/mol. The minimum absolute atomic E-state index is 0.374. The molecule has 0 aliphatic heterocycles. The van der Waals surface area contributed by atoms with Crippen LogP contribution in [0.2, 0.25) is 0 Å². The topological polar surface area (TPSA) is 35.5 Å². The van der Waals surface area contributed by atoms with Crippen molar-refractivity contribution in [3.05, 3.63) is 17.6 Å². The summed E-state index contributed by atoms with van der Waals surface area (Å²) in [6.07, 6.45) is 1.66. The zero-order valence-corrected chi connectivity index (χ0v) is 8.64. The molecule has 0 heterocycles. The van der Waals surface area contributed by atoms with E-state index in [1.54, 1.807) is 26.8 Å². The maximum absolute atomic E-state index is 11.6. The Hall–Kier alpha value is -0.330. The first-order chi connectivity index (χ1) is 5.68. The van der Waals surface area contributed by atoms with E-state index < -0.39 is 7.60 Å². The fourth-order valence-electron chi connectivity index (χ4n) is 0.638. The molecule has 12 heavy (non-hydrogen) atoms. The third-order valence-electron chi connectivity index (χ3n) is 1.02. The largest absolute Gasteiger partial charge is 0.361 e. The Morgan fingerprint density at radius 1 is 1.33 bits per heavy atom. The standard InChI is InChI=1S/C8H15O3P/c1-4-7-8-12(9,10-5-2)11-6-3/h4,8H,5-6H2,1-3H3. The van der Waals surface area contributed by atoms with Gasteiger partial charge in [-0.3, -0.25) is 4.57 Å². The third kappa shape index (κ3) is 4.53. The van der Waals surface area contributed by atoms with Crippen molar-refractivity contribution in [2.24, 2.45) is 0 Å². The Morgan fingerprint density at radius 3 is 2.17 bits per heavy atom. The number of hydrogen-bond donors (Lipinski definition) is 0. The SMILES string of the molecule is CC=C=CP(=O)(OCC)OCC. The summed E-state index contributed by atoms with van der Waals surface area (Å²) in [6.45, 7) is 6.08. The minimum atomic E-state index is -3.00. The molecule has 0 saturated carbocycles. The second kappa shape index (κ2) is 6.22. The summed E-state index contributed by atoms with van der Waals surface area (Å²) >= 11 is 0. The summed E-state index contributed by atoms with van der Waals surface area (Å²) < 4.78 is 21.5. The van der Waals surface area contributed by atoms with Crippen LogP contribution in [0.25, 0.3) is 0 Å². The summed E-state index contributed by atoms with van der Waals surface area (Å²) in [7, 11) is -3.00. The van der Waals surface area contributed by atoms with E-state index in [1.807, 2.05) is 0 Å². The predicted octanol–water partition coefficient (Wildman–Crippen LogP) is 2.94. The molecule has 0 bridgehead atoms. The molecule has 0 aromatic heterocycles. The van der Waals surface area contributed by atoms with E-state index in [0.29, 0.717) is 13.2 Å². The van der Waals surface area contributed by atoms with Crippen molar-refractivity contribution in [3.8, 4) is 0 Å². The summed E-state index contributed by atoms with van der Waals surface area (Å²) in [5.41, 5.74) is 2.70. The van der Waals surface area contributed by atoms with E-state index in [-0.39, 0.29) is 0 Å². The molecule has 0 aliphatic rings. The molecule has 0 spiro atoms. The highest BCUT2D eigenvalue weighted by Gasteiger charge is 2.18. The van der Waals surface area contributed by atoms with Gasteiger partial charge in [0.15, 0.2) is 0 Å². The van der Waals surface area contributed by atoms with E-state index in [9.17, 15) is 4.57 Å². The molecule has 0 unspecified atom stereocenters. The molecule has 0 aliphatic carbocycles. The lowest BCUT2D eigenvalue weighted by molar-refractivity contribution is 0.229. The van der Waals surface area contributed by atoms with Gasteiger partial charge in [-0.2, -0.15) is 0 Å². The fraction of sp³-hybridized carbons (Fsp3) is 0.625. The Labute approximate surface area is 73.6 Å². The smallest absolute Gasteiger partial charge is 0.305 e. The van der Waals surface area contributed by atoms with Gasteiger partial charge in [0.2, 0.25) is 0 Å². The molecule has 0 aromatic rings. The van der Waals surface area contributed by atoms with E-state index in [2.05, 4.69) is 5.73 Å². The zero-order valence-electron chi connectivity index (χ0n) is 7.74. The van der Waals surface area contributed by atoms with Gasteiger partial charge in [0.05, 0.1) is 19.0 Å². The van der Waals surface area contributed by atoms with Gasteiger partial charge < -0.3 is 9.05 Å². The molecule has 0 fully saturated rings. The Kier molecular flexibility index (Phi) is 6.04. The van der Waals surface area contributed by atoms with Gasteiger partial charge in [-0.05, 0) is 26.8 Å². The van der Waals surface area contributed by atoms with Crippen LogP contribution in [-0.4, -0.2) is 13.2 Å². The molecule has 0 N–H and O–H groups in total. The quantitative estimate of drug-likeness (QED) is 0.494. The zero-order chi connectivity index (χ0) is 9.45. The Balaban J connectivity index is 4.39. The van der Waals surface area contributed by atoms with Crippen LogP contribution in [0.3, 0.4) is 0 Å². The lowest BCUT2D eigenvalue weighted by Gasteiger charge is -2.10. The lowest BCUT2D eigenvalue weighted by Crippen LogP contribution is -1.91. The summed E-state index contributed by atoms with van der Waals surface area (Å²) in [5.74, 6) is 1.35. The molecule has 0 atom stereocenters. The first-order valence-electron chi connectivity index (χ1n) is 3.95. The maximum Gasteiger partial charge on any atom is 0.361 e. The molecule has 0 radical (unpaired) electrons. The third-order valence-corrected chi connectivity index (χ3v) is 2.72. The van der Waals surface area contributed by atoms with Crippen molar-refractivity contribution in [1.82, 2.24) is 0 Å². The first-order valence-corrected chi connectivity index (χ1v) is 5.56. The van der Waals surface area contributed by atoms with Gasteiger partial charge in [-0.1, -0.05) is 0 Å². The molecule has 0 aromatic carbocycles. The monoisotopic (exact) mass is 190 g/mol. The van der Waals surface area contributed by atoms with Crippen molar-refractivity contribution in [3.63, 3.8) is 0 Å². The average Bonchev–Trinajstić information content (AvgIpc) is 2.02. The van der Waals surface area contributed by atoms with E-state index in [4.69, 9.17) is 9.05 Å². The van der Waals surface area contributed by atoms with Crippen LogP contribution in [0.5, 0.6) is 0 Å². The number of hydrogen-bond acceptors (Lipinski definition) is 3. The molecule has 3 nitrogen and oxygen atoms in total. The van der Waals surface area contributed by atoms with Crippen molar-refractivity contribution in [2.45, 2.75) is 20.8 Å². The molecular weight excluding hydrogens is 175 g/mol. The van der Waals surface area contributed by atoms with Crippen molar-refractivity contribution < 1.29 is 13.6 Å². The highest BCUT2D eigenvalue weighted by molar-refractivity contribution is 7.57. The summed E-state index contributed by atoms with van der Waals surface area (Å²) in [5, 5.41) is 0. The first kappa shape index (κ1) is 11.7. The van der Waals surface area contributed by atoms with Crippen molar-refractivity contribution in [2.75, 3.05) is 13.2 Å². The van der Waals surface area contributed by atoms with Crippen LogP contribution in [0.15, 0.2) is 17.6 Å². The van der Waals surface area contributed by atoms with Crippen LogP contribution >= 0.6 is 7.60 Å². The summed E-state index contributed by atoms with van der Waals surface area (Å²) in [6, 6.07) is 0. The summed E-state index contributed by atoms with van der Waals surface area (Å²) in [4.78, 5) is 0. The van der Waals surface area contributed by atoms with Crippen LogP contribution in [0, 0.1) is 0 Å². The van der Waals surface area contributed by atoms with E-state index >= 15 is 0 Å². The van der Waals surface area contributed by atoms with E-state index in [1.165, 1.54) is 5.82 Å². The average molecular weight is 190 g/mol. The van der Waals surface area contributed by atoms with E-state index in [0.717, 1.165) is 0 Å². The Bertz CT molecular complexity index is 206. The molecular formula is C8H15O3P. The van der Waals surface area contributed by atoms with Gasteiger partial charge in [-0.15, -0.1) is 5.73 Å². The van der Waals surface area contributed by atoms with Crippen LogP contribution in [0.4, 0.5) is 0 Å². The second-order valence-electron chi connectivity index (χ2n) is 1.96. The Morgan fingerprint density at radius 2 is 1.83 bits per heavy atom. The van der Waals surface area contributed by atoms with Gasteiger partial charge >= 0.3 is 7.60 Å². The lowest BCUT2D eigenvalue weighted by atomic mass is 10.7. The van der Waals surface area contributed by atoms with Crippen LogP contribution in [-0.2, 0) is 13.6 Å². The second-order valence-corrected chi connectivity index (χ2v) is 3.81.